The SMILES string of the molecule is C[Si](C)(C)C#Cc1[se]c2cc3c(C#C[Si](C)(C)C)c(C#C[Si](C)(C)C)[se]c3cc2c1C#C[Si](C)(C)C. The first-order valence-corrected chi connectivity index (χ1v) is 29.9. The third-order valence-electron chi connectivity index (χ3n) is 4.73. The van der Waals surface area contributed by atoms with Crippen molar-refractivity contribution in [3.63, 3.8) is 0 Å². The minimum absolute atomic E-state index is 0.192. The van der Waals surface area contributed by atoms with E-state index in [9.17, 15) is 0 Å². The van der Waals surface area contributed by atoms with E-state index in [1.807, 2.05) is 0 Å². The van der Waals surface area contributed by atoms with Gasteiger partial charge in [0.25, 0.3) is 0 Å². The van der Waals surface area contributed by atoms with Gasteiger partial charge >= 0.3 is 237 Å². The van der Waals surface area contributed by atoms with Crippen LogP contribution < -0.4 is 0 Å². The number of hydrogen-bond acceptors (Lipinski definition) is 0. The van der Waals surface area contributed by atoms with E-state index in [0.29, 0.717) is 0 Å². The summed E-state index contributed by atoms with van der Waals surface area (Å²) in [5.41, 5.74) is 16.9. The van der Waals surface area contributed by atoms with E-state index >= 15 is 0 Å². The van der Waals surface area contributed by atoms with Gasteiger partial charge in [-0.15, -0.1) is 0 Å². The van der Waals surface area contributed by atoms with Gasteiger partial charge in [-0.25, -0.2) is 0 Å². The molecule has 0 aliphatic heterocycles. The molecule has 0 aliphatic rings. The van der Waals surface area contributed by atoms with Gasteiger partial charge in [0.05, 0.1) is 0 Å². The molecular weight excluding hydrogens is 631 g/mol. The summed E-state index contributed by atoms with van der Waals surface area (Å²) in [4.78, 5) is 0. The van der Waals surface area contributed by atoms with Gasteiger partial charge in [0, 0.05) is 0 Å². The Hall–Kier alpha value is -1.15. The summed E-state index contributed by atoms with van der Waals surface area (Å²) in [5, 5.41) is 2.66. The fourth-order valence-corrected chi connectivity index (χ4v) is 9.84. The monoisotopic (exact) mass is 670 g/mol. The molecule has 0 N–H and O–H groups in total. The molecule has 0 bridgehead atoms. The first-order chi connectivity index (χ1) is 16.3. The Morgan fingerprint density at radius 3 is 1.00 bits per heavy atom. The molecule has 0 atom stereocenters. The van der Waals surface area contributed by atoms with Gasteiger partial charge in [-0.1, -0.05) is 0 Å². The van der Waals surface area contributed by atoms with Crippen molar-refractivity contribution in [2.45, 2.75) is 78.6 Å². The number of benzene rings is 1. The van der Waals surface area contributed by atoms with Gasteiger partial charge < -0.3 is 0 Å². The molecular formula is C30H38Se2Si4. The summed E-state index contributed by atoms with van der Waals surface area (Å²) < 4.78 is 5.39. The number of hydrogen-bond donors (Lipinski definition) is 0. The van der Waals surface area contributed by atoms with E-state index < -0.39 is 32.3 Å². The second-order valence-electron chi connectivity index (χ2n) is 13.5. The normalized spacial score (nSPS) is 12.1. The van der Waals surface area contributed by atoms with Crippen molar-refractivity contribution in [2.75, 3.05) is 0 Å². The summed E-state index contributed by atoms with van der Waals surface area (Å²) in [6, 6.07) is 4.87. The molecule has 0 nitrogen and oxygen atoms in total. The fraction of sp³-hybridized carbons (Fsp3) is 0.400. The van der Waals surface area contributed by atoms with Crippen LogP contribution in [0.15, 0.2) is 12.1 Å². The second-order valence-corrected chi connectivity index (χ2v) is 36.9. The van der Waals surface area contributed by atoms with Crippen LogP contribution in [-0.4, -0.2) is 61.3 Å². The van der Waals surface area contributed by atoms with Gasteiger partial charge in [-0.3, -0.25) is 0 Å². The third-order valence-corrected chi connectivity index (χ3v) is 12.7. The van der Waals surface area contributed by atoms with Crippen LogP contribution in [0.2, 0.25) is 78.6 Å². The van der Waals surface area contributed by atoms with Gasteiger partial charge in [0.1, 0.15) is 0 Å². The first kappa shape index (κ1) is 29.4. The van der Waals surface area contributed by atoms with E-state index in [1.54, 1.807) is 0 Å². The molecule has 36 heavy (non-hydrogen) atoms. The summed E-state index contributed by atoms with van der Waals surface area (Å²) in [7, 11) is -5.92. The Morgan fingerprint density at radius 2 is 0.722 bits per heavy atom. The summed E-state index contributed by atoms with van der Waals surface area (Å²) in [5.74, 6) is 14.5. The molecule has 2 aromatic heterocycles. The Kier molecular flexibility index (Phi) is 8.61. The maximum atomic E-state index is 3.64. The standard InChI is InChI=1S/C30H38Se2Si4/c1-33(2,3)17-13-23-25-21-30-26(22-29(25)31-27(23)15-19-35(7,8)9)24(14-18-34(4,5)6)28(32-30)16-20-36(10,11)12/h21-22H,1-12H3. The summed E-state index contributed by atoms with van der Waals surface area (Å²) >= 11 is 0.384. The van der Waals surface area contributed by atoms with Crippen molar-refractivity contribution in [3.05, 3.63) is 32.1 Å². The molecule has 186 valence electrons. The molecule has 0 unspecified atom stereocenters. The van der Waals surface area contributed by atoms with E-state index in [4.69, 9.17) is 0 Å². The molecule has 0 fully saturated rings. The van der Waals surface area contributed by atoms with Gasteiger partial charge in [0.2, 0.25) is 0 Å². The van der Waals surface area contributed by atoms with Crippen LogP contribution in [0.25, 0.3) is 19.3 Å². The Balaban J connectivity index is 2.38. The second kappa shape index (κ2) is 10.5. The quantitative estimate of drug-likeness (QED) is 0.179. The van der Waals surface area contributed by atoms with Crippen molar-refractivity contribution in [1.29, 1.82) is 0 Å². The van der Waals surface area contributed by atoms with Crippen LogP contribution in [0.4, 0.5) is 0 Å². The van der Waals surface area contributed by atoms with E-state index in [1.165, 1.54) is 39.3 Å². The molecule has 0 radical (unpaired) electrons. The predicted molar refractivity (Wildman–Crippen MR) is 176 cm³/mol. The molecule has 0 saturated heterocycles. The van der Waals surface area contributed by atoms with Crippen LogP contribution >= 0.6 is 0 Å². The van der Waals surface area contributed by atoms with Gasteiger partial charge in [0.15, 0.2) is 0 Å². The minimum atomic E-state index is -1.50. The molecule has 2 heterocycles. The van der Waals surface area contributed by atoms with E-state index in [2.05, 4.69) is 137 Å². The number of rotatable bonds is 0. The van der Waals surface area contributed by atoms with Crippen molar-refractivity contribution < 1.29 is 0 Å². The fourth-order valence-electron chi connectivity index (χ4n) is 3.10. The van der Waals surface area contributed by atoms with Gasteiger partial charge in [-0.05, 0) is 0 Å². The van der Waals surface area contributed by atoms with Crippen molar-refractivity contribution in [2.24, 2.45) is 0 Å². The molecule has 3 aromatic rings. The van der Waals surface area contributed by atoms with Gasteiger partial charge in [-0.2, -0.15) is 0 Å². The topological polar surface area (TPSA) is 0 Å². The zero-order chi connectivity index (χ0) is 27.1. The van der Waals surface area contributed by atoms with E-state index in [-0.39, 0.29) is 29.0 Å². The average molecular weight is 669 g/mol. The van der Waals surface area contributed by atoms with Crippen LogP contribution in [0, 0.1) is 45.9 Å². The molecule has 0 amide bonds. The first-order valence-electron chi connectivity index (χ1n) is 12.5. The average Bonchev–Trinajstić information content (AvgIpc) is 3.20. The molecule has 0 saturated carbocycles. The summed E-state index contributed by atoms with van der Waals surface area (Å²) in [6.45, 7) is 27.8. The van der Waals surface area contributed by atoms with Crippen molar-refractivity contribution in [1.82, 2.24) is 0 Å². The third kappa shape index (κ3) is 8.43. The van der Waals surface area contributed by atoms with Crippen LogP contribution in [-0.2, 0) is 0 Å². The van der Waals surface area contributed by atoms with Crippen LogP contribution in [0.1, 0.15) is 20.0 Å². The number of fused-ring (bicyclic) bond motifs is 2. The zero-order valence-corrected chi connectivity index (χ0v) is 31.4. The molecule has 6 heteroatoms. The maximum absolute atomic E-state index is 3.64. The zero-order valence-electron chi connectivity index (χ0n) is 24.0. The Labute approximate surface area is 235 Å². The molecule has 1 aromatic carbocycles. The Bertz CT molecular complexity index is 1450. The summed E-state index contributed by atoms with van der Waals surface area (Å²) in [6.07, 6.45) is 0. The van der Waals surface area contributed by atoms with Crippen molar-refractivity contribution in [3.8, 4) is 45.9 Å². The van der Waals surface area contributed by atoms with Crippen LogP contribution in [0.3, 0.4) is 0 Å². The molecule has 0 aliphatic carbocycles. The van der Waals surface area contributed by atoms with E-state index in [0.717, 1.165) is 0 Å². The van der Waals surface area contributed by atoms with Crippen LogP contribution in [0.5, 0.6) is 0 Å². The predicted octanol–water partition coefficient (Wildman–Crippen LogP) is 7.02. The molecule has 0 spiro atoms. The Morgan fingerprint density at radius 1 is 0.444 bits per heavy atom. The molecule has 3 rings (SSSR count). The van der Waals surface area contributed by atoms with Crippen molar-refractivity contribution >= 4 is 80.6 Å².